The number of rotatable bonds is 0. The molecule has 24 heavy (non-hydrogen) atoms. The van der Waals surface area contributed by atoms with E-state index in [4.69, 9.17) is 4.98 Å². The molecule has 1 aromatic carbocycles. The van der Waals surface area contributed by atoms with Crippen LogP contribution in [0.15, 0.2) is 35.4 Å². The first kappa shape index (κ1) is 14.0. The highest BCUT2D eigenvalue weighted by atomic mass is 16.1. The molecule has 2 aromatic heterocycles. The van der Waals surface area contributed by atoms with Crippen LogP contribution in [-0.4, -0.2) is 19.6 Å². The lowest BCUT2D eigenvalue weighted by Gasteiger charge is -2.38. The van der Waals surface area contributed by atoms with Crippen LogP contribution in [0, 0.1) is 0 Å². The maximum Gasteiger partial charge on any atom is 0.264 e. The fraction of sp³-hybridized carbons (Fsp3) is 0.421. The average molecular weight is 320 g/mol. The Labute approximate surface area is 139 Å². The van der Waals surface area contributed by atoms with Crippen LogP contribution in [0.3, 0.4) is 0 Å². The molecule has 122 valence electrons. The zero-order valence-electron chi connectivity index (χ0n) is 13.6. The van der Waals surface area contributed by atoms with Gasteiger partial charge in [-0.25, -0.2) is 14.5 Å². The van der Waals surface area contributed by atoms with Gasteiger partial charge in [0.15, 0.2) is 0 Å². The summed E-state index contributed by atoms with van der Waals surface area (Å²) in [5, 5.41) is 6.86. The second kappa shape index (κ2) is 5.03. The first-order valence-corrected chi connectivity index (χ1v) is 8.83. The van der Waals surface area contributed by atoms with Gasteiger partial charge >= 0.3 is 0 Å². The lowest BCUT2D eigenvalue weighted by molar-refractivity contribution is 0.359. The molecule has 1 N–H and O–H groups in total. The van der Waals surface area contributed by atoms with E-state index in [1.54, 1.807) is 10.7 Å². The molecule has 0 atom stereocenters. The smallest absolute Gasteiger partial charge is 0.264 e. The predicted octanol–water partition coefficient (Wildman–Crippen LogP) is 3.23. The number of nitrogens with one attached hydrogen (secondary N) is 1. The summed E-state index contributed by atoms with van der Waals surface area (Å²) in [6.07, 6.45) is 9.57. The Morgan fingerprint density at radius 3 is 2.71 bits per heavy atom. The van der Waals surface area contributed by atoms with Crippen LogP contribution in [0.1, 0.15) is 49.7 Å². The Hall–Kier alpha value is -2.43. The molecule has 5 heteroatoms. The van der Waals surface area contributed by atoms with Gasteiger partial charge in [0.1, 0.15) is 6.33 Å². The summed E-state index contributed by atoms with van der Waals surface area (Å²) in [5.74, 6) is 0.527. The molecule has 2 aliphatic carbocycles. The summed E-state index contributed by atoms with van der Waals surface area (Å²) in [7, 11) is 0. The van der Waals surface area contributed by atoms with Gasteiger partial charge in [0.05, 0.1) is 11.3 Å². The summed E-state index contributed by atoms with van der Waals surface area (Å²) in [6.45, 7) is 0. The molecule has 5 rings (SSSR count). The Bertz CT molecular complexity index is 976. The molecule has 0 radical (unpaired) electrons. The van der Waals surface area contributed by atoms with Gasteiger partial charge in [0, 0.05) is 11.0 Å². The number of benzene rings is 1. The maximum atomic E-state index is 13.3. The molecule has 0 amide bonds. The minimum Gasteiger partial charge on any atom is -0.268 e. The molecule has 3 aromatic rings. The number of hydrogen-bond acceptors (Lipinski definition) is 3. The zero-order chi connectivity index (χ0) is 16.1. The number of fused-ring (bicyclic) bond motifs is 5. The highest BCUT2D eigenvalue weighted by Crippen LogP contribution is 2.47. The first-order valence-electron chi connectivity index (χ1n) is 8.83. The molecule has 1 saturated carbocycles. The second-order valence-electron chi connectivity index (χ2n) is 7.22. The Morgan fingerprint density at radius 2 is 1.88 bits per heavy atom. The summed E-state index contributed by atoms with van der Waals surface area (Å²) < 4.78 is 1.57. The van der Waals surface area contributed by atoms with Crippen molar-refractivity contribution in [1.82, 2.24) is 19.6 Å². The van der Waals surface area contributed by atoms with Crippen molar-refractivity contribution in [3.63, 3.8) is 0 Å². The maximum absolute atomic E-state index is 13.3. The molecule has 2 heterocycles. The van der Waals surface area contributed by atoms with Crippen molar-refractivity contribution in [2.24, 2.45) is 0 Å². The third-order valence-corrected chi connectivity index (χ3v) is 5.85. The predicted molar refractivity (Wildman–Crippen MR) is 92.1 cm³/mol. The van der Waals surface area contributed by atoms with Crippen molar-refractivity contribution >= 4 is 5.78 Å². The number of H-pyrrole nitrogens is 1. The summed E-state index contributed by atoms with van der Waals surface area (Å²) >= 11 is 0. The highest BCUT2D eigenvalue weighted by molar-refractivity contribution is 5.72. The molecular formula is C19H20N4O. The minimum atomic E-state index is -0.0667. The topological polar surface area (TPSA) is 63.0 Å². The van der Waals surface area contributed by atoms with Gasteiger partial charge < -0.3 is 0 Å². The number of nitrogens with zero attached hydrogens (tertiary/aromatic N) is 3. The van der Waals surface area contributed by atoms with Crippen LogP contribution in [0.2, 0.25) is 0 Å². The van der Waals surface area contributed by atoms with E-state index in [9.17, 15) is 4.79 Å². The van der Waals surface area contributed by atoms with Crippen LogP contribution in [-0.2, 0) is 11.8 Å². The lowest BCUT2D eigenvalue weighted by atomic mass is 9.65. The van der Waals surface area contributed by atoms with Crippen LogP contribution >= 0.6 is 0 Å². The van der Waals surface area contributed by atoms with Crippen LogP contribution in [0.5, 0.6) is 0 Å². The van der Waals surface area contributed by atoms with Gasteiger partial charge in [-0.15, -0.1) is 0 Å². The van der Waals surface area contributed by atoms with E-state index >= 15 is 0 Å². The third-order valence-electron chi connectivity index (χ3n) is 5.85. The normalized spacial score (nSPS) is 19.0. The summed E-state index contributed by atoms with van der Waals surface area (Å²) in [4.78, 5) is 18.1. The molecule has 2 aliphatic rings. The van der Waals surface area contributed by atoms with Gasteiger partial charge in [0.25, 0.3) is 5.56 Å². The van der Waals surface area contributed by atoms with E-state index < -0.39 is 0 Å². The second-order valence-corrected chi connectivity index (χ2v) is 7.22. The van der Waals surface area contributed by atoms with Crippen molar-refractivity contribution in [3.05, 3.63) is 52.1 Å². The SMILES string of the molecule is O=c1c2c(nc3[nH]ncn13)-c1ccccc1CC21CCCCCC1. The zero-order valence-corrected chi connectivity index (χ0v) is 13.6. The van der Waals surface area contributed by atoms with Crippen molar-refractivity contribution in [2.75, 3.05) is 0 Å². The van der Waals surface area contributed by atoms with E-state index in [1.807, 2.05) is 6.07 Å². The van der Waals surface area contributed by atoms with Gasteiger partial charge in [-0.2, -0.15) is 5.10 Å². The fourth-order valence-electron chi connectivity index (χ4n) is 4.73. The number of hydrogen-bond donors (Lipinski definition) is 1. The van der Waals surface area contributed by atoms with E-state index in [-0.39, 0.29) is 11.0 Å². The highest BCUT2D eigenvalue weighted by Gasteiger charge is 2.42. The Morgan fingerprint density at radius 1 is 1.08 bits per heavy atom. The average Bonchev–Trinajstić information content (AvgIpc) is 2.96. The van der Waals surface area contributed by atoms with Gasteiger partial charge in [-0.1, -0.05) is 49.9 Å². The van der Waals surface area contributed by atoms with Crippen LogP contribution in [0.4, 0.5) is 0 Å². The number of aromatic nitrogens is 4. The van der Waals surface area contributed by atoms with Crippen molar-refractivity contribution in [1.29, 1.82) is 0 Å². The standard InChI is InChI=1S/C19H20N4O/c24-17-15-16(21-18-22-20-12-23(17)18)14-8-4-3-7-13(14)11-19(15)9-5-1-2-6-10-19/h3-4,7-8,12H,1-2,5-6,9-11H2,(H,21,22). The van der Waals surface area contributed by atoms with E-state index in [0.717, 1.165) is 36.1 Å². The Balaban J connectivity index is 1.88. The number of aromatic amines is 1. The van der Waals surface area contributed by atoms with Crippen LogP contribution < -0.4 is 5.56 Å². The van der Waals surface area contributed by atoms with Gasteiger partial charge in [0.2, 0.25) is 5.78 Å². The Kier molecular flexibility index (Phi) is 2.93. The molecule has 0 bridgehead atoms. The molecule has 0 unspecified atom stereocenters. The van der Waals surface area contributed by atoms with Crippen molar-refractivity contribution in [3.8, 4) is 11.3 Å². The van der Waals surface area contributed by atoms with E-state index in [2.05, 4.69) is 28.4 Å². The molecular weight excluding hydrogens is 300 g/mol. The monoisotopic (exact) mass is 320 g/mol. The van der Waals surface area contributed by atoms with Gasteiger partial charge in [-0.3, -0.25) is 4.79 Å². The summed E-state index contributed by atoms with van der Waals surface area (Å²) in [6, 6.07) is 8.42. The van der Waals surface area contributed by atoms with E-state index in [1.165, 1.54) is 31.2 Å². The molecule has 1 fully saturated rings. The van der Waals surface area contributed by atoms with E-state index in [0.29, 0.717) is 5.78 Å². The molecule has 1 spiro atoms. The minimum absolute atomic E-state index is 0.0557. The first-order chi connectivity index (χ1) is 11.8. The van der Waals surface area contributed by atoms with Crippen molar-refractivity contribution < 1.29 is 0 Å². The lowest BCUT2D eigenvalue weighted by Crippen LogP contribution is -2.39. The summed E-state index contributed by atoms with van der Waals surface area (Å²) in [5.41, 5.74) is 4.21. The fourth-order valence-corrected chi connectivity index (χ4v) is 4.73. The van der Waals surface area contributed by atoms with Crippen LogP contribution in [0.25, 0.3) is 17.0 Å². The third kappa shape index (κ3) is 1.84. The largest absolute Gasteiger partial charge is 0.268 e. The van der Waals surface area contributed by atoms with Gasteiger partial charge in [-0.05, 0) is 24.8 Å². The van der Waals surface area contributed by atoms with Crippen molar-refractivity contribution in [2.45, 2.75) is 50.4 Å². The molecule has 5 nitrogen and oxygen atoms in total. The quantitative estimate of drug-likeness (QED) is 0.691. The molecule has 0 aliphatic heterocycles. The molecule has 0 saturated heterocycles.